The summed E-state index contributed by atoms with van der Waals surface area (Å²) in [6.45, 7) is 3.07. The molecule has 0 saturated heterocycles. The summed E-state index contributed by atoms with van der Waals surface area (Å²) in [5, 5.41) is 0. The summed E-state index contributed by atoms with van der Waals surface area (Å²) >= 11 is 14.4. The fourth-order valence-electron chi connectivity index (χ4n) is 0.144. The average molecular weight is 241 g/mol. The van der Waals surface area contributed by atoms with Crippen molar-refractivity contribution in [1.82, 2.24) is 0 Å². The minimum Gasteiger partial charge on any atom is -0.197 e. The van der Waals surface area contributed by atoms with Crippen LogP contribution in [0.5, 0.6) is 0 Å². The van der Waals surface area contributed by atoms with Crippen molar-refractivity contribution in [2.75, 3.05) is 5.75 Å². The molecule has 3 nitrogen and oxygen atoms in total. The van der Waals surface area contributed by atoms with E-state index in [0.717, 1.165) is 6.08 Å². The summed E-state index contributed by atoms with van der Waals surface area (Å²) in [5.74, 6) is -0.479. The average Bonchev–Trinajstić information content (AvgIpc) is 1.58. The maximum absolute atomic E-state index is 9.60. The van der Waals surface area contributed by atoms with Gasteiger partial charge in [0.15, 0.2) is 4.30 Å². The summed E-state index contributed by atoms with van der Waals surface area (Å²) in [6, 6.07) is 0. The first-order valence-electron chi connectivity index (χ1n) is 2.26. The molecule has 0 atom stereocenters. The molecule has 0 spiro atoms. The third-order valence-electron chi connectivity index (χ3n) is 0.322. The molecule has 0 unspecified atom stereocenters. The Bertz CT molecular complexity index is 184. The number of alkyl halides is 3. The van der Waals surface area contributed by atoms with Gasteiger partial charge in [-0.15, -0.1) is 6.58 Å². The lowest BCUT2D eigenvalue weighted by atomic mass is 10.8. The fraction of sp³-hybridized carbons (Fsp3) is 0.500. The van der Waals surface area contributed by atoms with Crippen LogP contribution in [-0.4, -0.2) is 18.5 Å². The molecule has 0 aromatic rings. The smallest absolute Gasteiger partial charge is 0.197 e. The molecular formula is C4H6Cl3O3S. The quantitative estimate of drug-likeness (QED) is 0.547. The Labute approximate surface area is 80.7 Å². The first kappa shape index (κ1) is 14.1. The van der Waals surface area contributed by atoms with Crippen molar-refractivity contribution >= 4 is 44.9 Å². The molecular weight excluding hydrogens is 234 g/mol. The van der Waals surface area contributed by atoms with Gasteiger partial charge in [0.2, 0.25) is 0 Å². The van der Waals surface area contributed by atoms with E-state index in [0.29, 0.717) is 0 Å². The maximum atomic E-state index is 9.60. The fourth-order valence-corrected chi connectivity index (χ4v) is 0.433. The van der Waals surface area contributed by atoms with Crippen molar-refractivity contribution in [2.24, 2.45) is 0 Å². The second-order valence-corrected chi connectivity index (χ2v) is 4.69. The molecule has 0 aliphatic heterocycles. The molecule has 0 rings (SSSR count). The van der Waals surface area contributed by atoms with E-state index in [1.807, 2.05) is 0 Å². The number of halogens is 3. The Kier molecular flexibility index (Phi) is 9.19. The highest BCUT2D eigenvalue weighted by atomic mass is 35.6. The Morgan fingerprint density at radius 1 is 1.36 bits per heavy atom. The summed E-state index contributed by atoms with van der Waals surface area (Å²) in [6.07, 6.45) is 1.06. The molecule has 0 aliphatic carbocycles. The van der Waals surface area contributed by atoms with E-state index in [-0.39, 0.29) is 0 Å². The second-order valence-electron chi connectivity index (χ2n) is 1.26. The Morgan fingerprint density at radius 3 is 1.64 bits per heavy atom. The minimum absolute atomic E-state index is 0.479. The van der Waals surface area contributed by atoms with Crippen LogP contribution in [-0.2, 0) is 14.7 Å². The lowest BCUT2D eigenvalue weighted by molar-refractivity contribution is 0.417. The van der Waals surface area contributed by atoms with E-state index in [9.17, 15) is 13.0 Å². The molecule has 0 fully saturated rings. The topological polar surface area (TPSA) is 54.0 Å². The zero-order valence-corrected chi connectivity index (χ0v) is 8.42. The Hall–Kier alpha value is 0.520. The van der Waals surface area contributed by atoms with Crippen LogP contribution in [0, 0.1) is 0 Å². The molecule has 67 valence electrons. The molecule has 7 heteroatoms. The third-order valence-corrected chi connectivity index (χ3v) is 0.966. The van der Waals surface area contributed by atoms with E-state index in [1.165, 1.54) is 0 Å². The largest absolute Gasteiger partial charge is 0.298 e. The summed E-state index contributed by atoms with van der Waals surface area (Å²) in [4.78, 5) is 0. The SMILES string of the molecule is C=CCS([O])(=O)=O.ClC(Cl)Cl. The van der Waals surface area contributed by atoms with Gasteiger partial charge in [-0.2, -0.15) is 8.42 Å². The predicted molar refractivity (Wildman–Crippen MR) is 46.0 cm³/mol. The van der Waals surface area contributed by atoms with Crippen molar-refractivity contribution in [3.63, 3.8) is 0 Å². The monoisotopic (exact) mass is 239 g/mol. The van der Waals surface area contributed by atoms with E-state index in [1.54, 1.807) is 0 Å². The molecule has 0 aliphatic rings. The van der Waals surface area contributed by atoms with Gasteiger partial charge in [0.25, 0.3) is 10.1 Å². The Morgan fingerprint density at radius 2 is 1.64 bits per heavy atom. The van der Waals surface area contributed by atoms with Gasteiger partial charge in [0.05, 0.1) is 5.75 Å². The highest BCUT2D eigenvalue weighted by molar-refractivity contribution is 7.85. The van der Waals surface area contributed by atoms with E-state index in [4.69, 9.17) is 34.8 Å². The summed E-state index contributed by atoms with van der Waals surface area (Å²) in [7, 11) is -4.04. The standard InChI is InChI=1S/C3H5O3S.CHCl3/c1-2-3-7(4,5)6;2-1(3)4/h2H,1,3H2;1H. The summed E-state index contributed by atoms with van der Waals surface area (Å²) in [5.41, 5.74) is 0. The zero-order chi connectivity index (χ0) is 9.49. The second kappa shape index (κ2) is 7.18. The van der Waals surface area contributed by atoms with Gasteiger partial charge in [0.1, 0.15) is 0 Å². The number of hydrogen-bond acceptors (Lipinski definition) is 2. The molecule has 0 aromatic carbocycles. The molecule has 0 saturated carbocycles. The number of rotatable bonds is 2. The van der Waals surface area contributed by atoms with Crippen molar-refractivity contribution in [3.05, 3.63) is 12.7 Å². The Balaban J connectivity index is 0. The van der Waals surface area contributed by atoms with Gasteiger partial charge in [-0.3, -0.25) is 0 Å². The van der Waals surface area contributed by atoms with Crippen molar-refractivity contribution in [3.8, 4) is 0 Å². The highest BCUT2D eigenvalue weighted by Gasteiger charge is 1.99. The van der Waals surface area contributed by atoms with Crippen LogP contribution in [0.4, 0.5) is 0 Å². The van der Waals surface area contributed by atoms with Gasteiger partial charge in [0, 0.05) is 0 Å². The normalized spacial score (nSPS) is 10.3. The molecule has 0 aromatic heterocycles. The van der Waals surface area contributed by atoms with Crippen LogP contribution in [0.3, 0.4) is 0 Å². The predicted octanol–water partition coefficient (Wildman–Crippen LogP) is 1.92. The van der Waals surface area contributed by atoms with Gasteiger partial charge in [-0.05, 0) is 0 Å². The summed E-state index contributed by atoms with van der Waals surface area (Å²) < 4.78 is 28.1. The van der Waals surface area contributed by atoms with Gasteiger partial charge in [-0.25, -0.2) is 0 Å². The van der Waals surface area contributed by atoms with Crippen molar-refractivity contribution < 1.29 is 13.0 Å². The van der Waals surface area contributed by atoms with Crippen LogP contribution in [0.25, 0.3) is 0 Å². The lowest BCUT2D eigenvalue weighted by Crippen LogP contribution is -1.97. The van der Waals surface area contributed by atoms with Gasteiger partial charge >= 0.3 is 0 Å². The van der Waals surface area contributed by atoms with Crippen LogP contribution < -0.4 is 0 Å². The van der Waals surface area contributed by atoms with Crippen LogP contribution >= 0.6 is 34.8 Å². The first-order chi connectivity index (χ1) is 4.79. The minimum atomic E-state index is -4.04. The van der Waals surface area contributed by atoms with Gasteiger partial charge < -0.3 is 0 Å². The molecule has 0 bridgehead atoms. The molecule has 11 heavy (non-hydrogen) atoms. The van der Waals surface area contributed by atoms with Crippen LogP contribution in [0.15, 0.2) is 12.7 Å². The maximum Gasteiger partial charge on any atom is 0.298 e. The van der Waals surface area contributed by atoms with Crippen molar-refractivity contribution in [1.29, 1.82) is 0 Å². The van der Waals surface area contributed by atoms with Crippen molar-refractivity contribution in [2.45, 2.75) is 4.30 Å². The molecule has 0 heterocycles. The lowest BCUT2D eigenvalue weighted by Gasteiger charge is -1.78. The van der Waals surface area contributed by atoms with Crippen LogP contribution in [0.1, 0.15) is 0 Å². The van der Waals surface area contributed by atoms with E-state index < -0.39 is 20.2 Å². The molecule has 1 radical (unpaired) electrons. The van der Waals surface area contributed by atoms with E-state index >= 15 is 0 Å². The highest BCUT2D eigenvalue weighted by Crippen LogP contribution is 2.03. The van der Waals surface area contributed by atoms with E-state index in [2.05, 4.69) is 6.58 Å². The van der Waals surface area contributed by atoms with Crippen LogP contribution in [0.2, 0.25) is 0 Å². The third kappa shape index (κ3) is 37.4. The molecule has 0 amide bonds. The first-order valence-corrected chi connectivity index (χ1v) is 5.15. The molecule has 0 N–H and O–H groups in total. The zero-order valence-electron chi connectivity index (χ0n) is 5.34. The number of hydrogen-bond donors (Lipinski definition) is 0. The van der Waals surface area contributed by atoms with Gasteiger partial charge in [-0.1, -0.05) is 45.4 Å².